The molecule has 2 heterocycles. The summed E-state index contributed by atoms with van der Waals surface area (Å²) in [6, 6.07) is 7.47. The third-order valence-electron chi connectivity index (χ3n) is 6.26. The lowest BCUT2D eigenvalue weighted by molar-refractivity contribution is 0.0218. The van der Waals surface area contributed by atoms with Crippen molar-refractivity contribution in [1.29, 1.82) is 0 Å². The molecule has 2 atom stereocenters. The highest BCUT2D eigenvalue weighted by atomic mass is 16.3. The minimum Gasteiger partial charge on any atom is -0.396 e. The summed E-state index contributed by atoms with van der Waals surface area (Å²) in [6.07, 6.45) is 2.71. The molecule has 0 aromatic heterocycles. The Bertz CT molecular complexity index is 668. The molecule has 28 heavy (non-hydrogen) atoms. The predicted octanol–water partition coefficient (Wildman–Crippen LogP) is 1.74. The number of hydrogen-bond acceptors (Lipinski definition) is 5. The summed E-state index contributed by atoms with van der Waals surface area (Å²) < 4.78 is 0. The number of aliphatic hydroxyl groups is 1. The van der Waals surface area contributed by atoms with Crippen LogP contribution in [0.5, 0.6) is 0 Å². The molecule has 0 bridgehead atoms. The highest BCUT2D eigenvalue weighted by Crippen LogP contribution is 2.28. The molecular weight excluding hydrogens is 354 g/mol. The van der Waals surface area contributed by atoms with Crippen LogP contribution in [-0.4, -0.2) is 90.5 Å². The van der Waals surface area contributed by atoms with Gasteiger partial charge in [-0.15, -0.1) is 0 Å². The van der Waals surface area contributed by atoms with Crippen LogP contribution in [-0.2, 0) is 0 Å². The first kappa shape index (κ1) is 21.0. The summed E-state index contributed by atoms with van der Waals surface area (Å²) >= 11 is 0. The largest absolute Gasteiger partial charge is 0.396 e. The Morgan fingerprint density at radius 3 is 2.29 bits per heavy atom. The fourth-order valence-electron chi connectivity index (χ4n) is 4.51. The number of ketones is 1. The van der Waals surface area contributed by atoms with Crippen molar-refractivity contribution in [3.05, 3.63) is 35.4 Å². The van der Waals surface area contributed by atoms with Gasteiger partial charge in [-0.1, -0.05) is 12.1 Å². The van der Waals surface area contributed by atoms with Crippen LogP contribution in [0.2, 0.25) is 0 Å². The molecule has 3 rings (SSSR count). The number of likely N-dealkylation sites (tertiary alicyclic amines) is 1. The molecule has 154 valence electrons. The van der Waals surface area contributed by atoms with E-state index in [9.17, 15) is 14.7 Å². The normalized spacial score (nSPS) is 24.3. The first-order chi connectivity index (χ1) is 13.5. The number of amides is 1. The SMILES string of the molecule is CC(=O)c1ccc(C(=O)N2CC[C@H](N3CCN(C)CC3)[C@H](CCCO)C2)cc1. The van der Waals surface area contributed by atoms with Crippen molar-refractivity contribution in [2.24, 2.45) is 5.92 Å². The minimum absolute atomic E-state index is 0.0102. The lowest BCUT2D eigenvalue weighted by Gasteiger charge is -2.46. The second-order valence-corrected chi connectivity index (χ2v) is 8.21. The van der Waals surface area contributed by atoms with Gasteiger partial charge in [0.15, 0.2) is 5.78 Å². The monoisotopic (exact) mass is 387 g/mol. The molecular formula is C22H33N3O3. The number of benzene rings is 1. The average molecular weight is 388 g/mol. The van der Waals surface area contributed by atoms with Gasteiger partial charge < -0.3 is 14.9 Å². The Hall–Kier alpha value is -1.76. The van der Waals surface area contributed by atoms with Gasteiger partial charge in [-0.25, -0.2) is 0 Å². The van der Waals surface area contributed by atoms with E-state index in [-0.39, 0.29) is 18.3 Å². The lowest BCUT2D eigenvalue weighted by Crippen LogP contribution is -2.56. The summed E-state index contributed by atoms with van der Waals surface area (Å²) in [4.78, 5) is 31.4. The van der Waals surface area contributed by atoms with Gasteiger partial charge in [0.2, 0.25) is 0 Å². The van der Waals surface area contributed by atoms with Gasteiger partial charge in [-0.3, -0.25) is 14.5 Å². The molecule has 0 spiro atoms. The highest BCUT2D eigenvalue weighted by molar-refractivity contribution is 5.97. The molecule has 2 aliphatic heterocycles. The van der Waals surface area contributed by atoms with Gasteiger partial charge >= 0.3 is 0 Å². The molecule has 6 heteroatoms. The van der Waals surface area contributed by atoms with Crippen LogP contribution in [0.15, 0.2) is 24.3 Å². The van der Waals surface area contributed by atoms with Crippen molar-refractivity contribution in [2.45, 2.75) is 32.2 Å². The van der Waals surface area contributed by atoms with Crippen molar-refractivity contribution in [2.75, 3.05) is 52.9 Å². The van der Waals surface area contributed by atoms with Crippen LogP contribution in [0.25, 0.3) is 0 Å². The second-order valence-electron chi connectivity index (χ2n) is 8.21. The number of nitrogens with zero attached hydrogens (tertiary/aromatic N) is 3. The smallest absolute Gasteiger partial charge is 0.253 e. The fourth-order valence-corrected chi connectivity index (χ4v) is 4.51. The highest BCUT2D eigenvalue weighted by Gasteiger charge is 2.35. The number of carbonyl (C=O) groups is 2. The summed E-state index contributed by atoms with van der Waals surface area (Å²) in [7, 11) is 2.17. The molecule has 6 nitrogen and oxygen atoms in total. The van der Waals surface area contributed by atoms with E-state index < -0.39 is 0 Å². The number of hydrogen-bond donors (Lipinski definition) is 1. The summed E-state index contributed by atoms with van der Waals surface area (Å²) in [5.41, 5.74) is 1.27. The number of carbonyl (C=O) groups excluding carboxylic acids is 2. The Morgan fingerprint density at radius 1 is 1.04 bits per heavy atom. The third kappa shape index (κ3) is 4.99. The second kappa shape index (κ2) is 9.63. The molecule has 1 aromatic rings. The number of Topliss-reactive ketones (excluding diaryl/α,β-unsaturated/α-hetero) is 1. The third-order valence-corrected chi connectivity index (χ3v) is 6.26. The van der Waals surface area contributed by atoms with E-state index in [2.05, 4.69) is 16.8 Å². The van der Waals surface area contributed by atoms with Gasteiger partial charge in [0, 0.05) is 63.0 Å². The topological polar surface area (TPSA) is 64.1 Å². The van der Waals surface area contributed by atoms with Crippen molar-refractivity contribution >= 4 is 11.7 Å². The van der Waals surface area contributed by atoms with Gasteiger partial charge in [0.1, 0.15) is 0 Å². The van der Waals surface area contributed by atoms with E-state index in [1.807, 2.05) is 4.90 Å². The molecule has 0 unspecified atom stereocenters. The first-order valence-corrected chi connectivity index (χ1v) is 10.4. The van der Waals surface area contributed by atoms with E-state index in [4.69, 9.17) is 0 Å². The molecule has 1 aromatic carbocycles. The maximum atomic E-state index is 13.0. The van der Waals surface area contributed by atoms with Crippen LogP contribution in [0, 0.1) is 5.92 Å². The first-order valence-electron chi connectivity index (χ1n) is 10.4. The molecule has 0 radical (unpaired) electrons. The van der Waals surface area contributed by atoms with E-state index in [0.29, 0.717) is 23.1 Å². The van der Waals surface area contributed by atoms with Crippen LogP contribution in [0.1, 0.15) is 46.9 Å². The van der Waals surface area contributed by atoms with Gasteiger partial charge in [0.05, 0.1) is 0 Å². The maximum absolute atomic E-state index is 13.0. The Balaban J connectivity index is 1.67. The van der Waals surface area contributed by atoms with Gasteiger partial charge in [-0.05, 0) is 51.3 Å². The van der Waals surface area contributed by atoms with E-state index >= 15 is 0 Å². The quantitative estimate of drug-likeness (QED) is 0.754. The summed E-state index contributed by atoms with van der Waals surface area (Å²) in [6.45, 7) is 7.58. The van der Waals surface area contributed by atoms with Crippen LogP contribution < -0.4 is 0 Å². The van der Waals surface area contributed by atoms with Gasteiger partial charge in [0.25, 0.3) is 5.91 Å². The van der Waals surface area contributed by atoms with Crippen molar-refractivity contribution in [1.82, 2.24) is 14.7 Å². The van der Waals surface area contributed by atoms with Gasteiger partial charge in [-0.2, -0.15) is 0 Å². The molecule has 2 fully saturated rings. The number of likely N-dealkylation sites (N-methyl/N-ethyl adjacent to an activating group) is 1. The standard InChI is InChI=1S/C22H33N3O3/c1-17(27)18-5-7-19(8-6-18)22(28)25-10-9-21(20(16-25)4-3-15-26)24-13-11-23(2)12-14-24/h5-8,20-21,26H,3-4,9-16H2,1-2H3/t20-,21+/m1/s1. The molecule has 0 aliphatic carbocycles. The predicted molar refractivity (Wildman–Crippen MR) is 110 cm³/mol. The lowest BCUT2D eigenvalue weighted by atomic mass is 9.86. The van der Waals surface area contributed by atoms with Crippen LogP contribution in [0.4, 0.5) is 0 Å². The van der Waals surface area contributed by atoms with Crippen molar-refractivity contribution < 1.29 is 14.7 Å². The molecule has 2 saturated heterocycles. The molecule has 0 saturated carbocycles. The van der Waals surface area contributed by atoms with E-state index in [0.717, 1.165) is 58.5 Å². The zero-order valence-corrected chi connectivity index (χ0v) is 17.1. The van der Waals surface area contributed by atoms with E-state index in [1.54, 1.807) is 24.3 Å². The summed E-state index contributed by atoms with van der Waals surface area (Å²) in [5.74, 6) is 0.446. The number of piperazine rings is 1. The van der Waals surface area contributed by atoms with Crippen LogP contribution in [0.3, 0.4) is 0 Å². The maximum Gasteiger partial charge on any atom is 0.253 e. The molecule has 1 N–H and O–H groups in total. The Kier molecular flexibility index (Phi) is 7.21. The average Bonchev–Trinajstić information content (AvgIpc) is 2.72. The zero-order valence-electron chi connectivity index (χ0n) is 17.1. The molecule has 1 amide bonds. The number of aliphatic hydroxyl groups excluding tert-OH is 1. The molecule has 2 aliphatic rings. The zero-order chi connectivity index (χ0) is 20.1. The summed E-state index contributed by atoms with van der Waals surface area (Å²) in [5, 5.41) is 9.32. The fraction of sp³-hybridized carbons (Fsp3) is 0.636. The Labute approximate surface area is 168 Å². The van der Waals surface area contributed by atoms with Crippen molar-refractivity contribution in [3.63, 3.8) is 0 Å². The van der Waals surface area contributed by atoms with Crippen LogP contribution >= 0.6 is 0 Å². The van der Waals surface area contributed by atoms with Crippen molar-refractivity contribution in [3.8, 4) is 0 Å². The Morgan fingerprint density at radius 2 is 1.68 bits per heavy atom. The van der Waals surface area contributed by atoms with E-state index in [1.165, 1.54) is 6.92 Å². The minimum atomic E-state index is 0.0102. The number of rotatable bonds is 6. The number of piperidine rings is 1.